The van der Waals surface area contributed by atoms with Gasteiger partial charge in [0, 0.05) is 34.4 Å². The van der Waals surface area contributed by atoms with E-state index in [-0.39, 0.29) is 0 Å². The van der Waals surface area contributed by atoms with Crippen LogP contribution in [0.2, 0.25) is 0 Å². The van der Waals surface area contributed by atoms with E-state index in [2.05, 4.69) is 103 Å². The van der Waals surface area contributed by atoms with Crippen LogP contribution in [-0.2, 0) is 0 Å². The molecule has 1 aliphatic rings. The summed E-state index contributed by atoms with van der Waals surface area (Å²) in [5.74, 6) is 3.21. The zero-order valence-corrected chi connectivity index (χ0v) is 27.7. The van der Waals surface area contributed by atoms with Crippen LogP contribution in [0.1, 0.15) is 22.3 Å². The molecule has 0 saturated carbocycles. The number of rotatable bonds is 6. The molecular weight excluding hydrogens is 625 g/mol. The molecule has 3 nitrogen and oxygen atoms in total. The standard InChI is InChI=1S/C48H32O3/c1-4-16-33(17-5-1)46-30-37(39-22-10-13-25-43(39)49-46)28-36(42-32-48(35-20-8-3-9-21-35)51-45-27-15-12-24-41(42)45)29-38-31-47(34-18-6-2-7-19-34)50-44-26-14-11-23-40(38)44/h1-32H/q+2. The first kappa shape index (κ1) is 30.2. The zero-order valence-electron chi connectivity index (χ0n) is 27.7. The molecule has 240 valence electrons. The number of fused-ring (bicyclic) bond motifs is 3. The third-order valence-electron chi connectivity index (χ3n) is 9.19. The number of hydrogen-bond acceptors (Lipinski definition) is 1. The summed E-state index contributed by atoms with van der Waals surface area (Å²) in [5, 5.41) is 2.04. The van der Waals surface area contributed by atoms with Crippen molar-refractivity contribution < 1.29 is 13.6 Å². The summed E-state index contributed by atoms with van der Waals surface area (Å²) < 4.78 is 19.6. The predicted octanol–water partition coefficient (Wildman–Crippen LogP) is 13.1. The summed E-state index contributed by atoms with van der Waals surface area (Å²) >= 11 is 0. The number of benzene rings is 6. The fraction of sp³-hybridized carbons (Fsp3) is 0. The third kappa shape index (κ3) is 6.03. The molecule has 3 heteroatoms. The van der Waals surface area contributed by atoms with Crippen LogP contribution in [0.4, 0.5) is 0 Å². The molecule has 3 heterocycles. The highest BCUT2D eigenvalue weighted by molar-refractivity contribution is 6.06. The number of allylic oxidation sites excluding steroid dienone is 4. The lowest BCUT2D eigenvalue weighted by Crippen LogP contribution is -2.03. The molecule has 0 N–H and O–H groups in total. The zero-order chi connectivity index (χ0) is 34.0. The van der Waals surface area contributed by atoms with E-state index in [1.165, 1.54) is 0 Å². The molecule has 51 heavy (non-hydrogen) atoms. The van der Waals surface area contributed by atoms with Crippen LogP contribution >= 0.6 is 0 Å². The molecule has 0 bridgehead atoms. The van der Waals surface area contributed by atoms with E-state index in [0.29, 0.717) is 0 Å². The van der Waals surface area contributed by atoms with Crippen LogP contribution in [-0.4, -0.2) is 0 Å². The third-order valence-corrected chi connectivity index (χ3v) is 9.19. The molecule has 8 aromatic rings. The lowest BCUT2D eigenvalue weighted by Gasteiger charge is -2.21. The maximum atomic E-state index is 6.56. The van der Waals surface area contributed by atoms with Gasteiger partial charge in [-0.25, -0.2) is 8.83 Å². The van der Waals surface area contributed by atoms with Crippen molar-refractivity contribution in [3.05, 3.63) is 210 Å². The largest absolute Gasteiger partial charge is 0.456 e. The summed E-state index contributed by atoms with van der Waals surface area (Å²) in [7, 11) is 0. The van der Waals surface area contributed by atoms with Crippen molar-refractivity contribution in [1.82, 2.24) is 0 Å². The second-order valence-corrected chi connectivity index (χ2v) is 12.5. The van der Waals surface area contributed by atoms with Crippen molar-refractivity contribution in [3.8, 4) is 28.4 Å². The molecule has 2 aromatic heterocycles. The van der Waals surface area contributed by atoms with Crippen LogP contribution in [0.3, 0.4) is 0 Å². The molecule has 0 saturated heterocycles. The molecule has 9 rings (SSSR count). The van der Waals surface area contributed by atoms with Gasteiger partial charge in [0.05, 0.1) is 34.0 Å². The Morgan fingerprint density at radius 3 is 1.71 bits per heavy atom. The van der Waals surface area contributed by atoms with Gasteiger partial charge in [-0.3, -0.25) is 0 Å². The number of ether oxygens (including phenoxy) is 1. The van der Waals surface area contributed by atoms with Gasteiger partial charge in [0.2, 0.25) is 0 Å². The Balaban J connectivity index is 1.35. The van der Waals surface area contributed by atoms with E-state index >= 15 is 0 Å². The molecule has 0 fully saturated rings. The van der Waals surface area contributed by atoms with Gasteiger partial charge < -0.3 is 4.74 Å². The van der Waals surface area contributed by atoms with Crippen molar-refractivity contribution in [2.75, 3.05) is 0 Å². The molecule has 0 unspecified atom stereocenters. The van der Waals surface area contributed by atoms with Crippen molar-refractivity contribution >= 4 is 44.9 Å². The van der Waals surface area contributed by atoms with Crippen LogP contribution in [0.5, 0.6) is 5.75 Å². The minimum atomic E-state index is 0.791. The van der Waals surface area contributed by atoms with Crippen molar-refractivity contribution in [1.29, 1.82) is 0 Å². The fourth-order valence-corrected chi connectivity index (χ4v) is 6.70. The molecule has 0 aliphatic carbocycles. The summed E-state index contributed by atoms with van der Waals surface area (Å²) in [6.45, 7) is 0. The van der Waals surface area contributed by atoms with Gasteiger partial charge >= 0.3 is 22.7 Å². The van der Waals surface area contributed by atoms with Crippen LogP contribution in [0.15, 0.2) is 197 Å². The quantitative estimate of drug-likeness (QED) is 0.167. The molecule has 6 aromatic carbocycles. The maximum absolute atomic E-state index is 6.56. The van der Waals surface area contributed by atoms with E-state index < -0.39 is 0 Å². The van der Waals surface area contributed by atoms with Gasteiger partial charge in [-0.15, -0.1) is 0 Å². The van der Waals surface area contributed by atoms with Crippen LogP contribution < -0.4 is 4.74 Å². The summed E-state index contributed by atoms with van der Waals surface area (Å²) in [4.78, 5) is 0. The van der Waals surface area contributed by atoms with Gasteiger partial charge in [0.1, 0.15) is 11.5 Å². The predicted molar refractivity (Wildman–Crippen MR) is 209 cm³/mol. The van der Waals surface area contributed by atoms with Gasteiger partial charge in [0.25, 0.3) is 0 Å². The number of para-hydroxylation sites is 3. The average Bonchev–Trinajstić information content (AvgIpc) is 3.21. The molecular formula is C48H32O3+2. The van der Waals surface area contributed by atoms with Gasteiger partial charge in [-0.05, 0) is 71.8 Å². The van der Waals surface area contributed by atoms with E-state index in [0.717, 1.165) is 89.5 Å². The minimum absolute atomic E-state index is 0.791. The summed E-state index contributed by atoms with van der Waals surface area (Å²) in [6, 6.07) is 59.8. The van der Waals surface area contributed by atoms with Crippen LogP contribution in [0, 0.1) is 0 Å². The van der Waals surface area contributed by atoms with Gasteiger partial charge in [-0.1, -0.05) is 109 Å². The van der Waals surface area contributed by atoms with E-state index in [9.17, 15) is 0 Å². The summed E-state index contributed by atoms with van der Waals surface area (Å²) in [5.41, 5.74) is 9.84. The Hall–Kier alpha value is -6.84. The molecule has 1 aliphatic heterocycles. The molecule has 0 radical (unpaired) electrons. The van der Waals surface area contributed by atoms with Crippen molar-refractivity contribution in [2.24, 2.45) is 0 Å². The Labute approximate surface area is 296 Å². The Bertz CT molecular complexity index is 2640. The first-order valence-corrected chi connectivity index (χ1v) is 17.1. The highest BCUT2D eigenvalue weighted by atomic mass is 16.5. The lowest BCUT2D eigenvalue weighted by molar-refractivity contribution is 0.509. The van der Waals surface area contributed by atoms with Crippen molar-refractivity contribution in [3.63, 3.8) is 0 Å². The maximum Gasteiger partial charge on any atom is 0.361 e. The smallest absolute Gasteiger partial charge is 0.361 e. The first-order chi connectivity index (χ1) is 25.3. The van der Waals surface area contributed by atoms with Crippen LogP contribution in [0.25, 0.3) is 67.6 Å². The monoisotopic (exact) mass is 656 g/mol. The Kier molecular flexibility index (Phi) is 7.84. The average molecular weight is 657 g/mol. The normalized spacial score (nSPS) is 13.5. The van der Waals surface area contributed by atoms with E-state index in [1.807, 2.05) is 91.0 Å². The lowest BCUT2D eigenvalue weighted by atomic mass is 9.92. The topological polar surface area (TPSA) is 31.8 Å². The molecule has 0 spiro atoms. The first-order valence-electron chi connectivity index (χ1n) is 17.1. The molecule has 0 amide bonds. The molecule has 0 atom stereocenters. The second kappa shape index (κ2) is 13.2. The minimum Gasteiger partial charge on any atom is -0.456 e. The highest BCUT2D eigenvalue weighted by Gasteiger charge is 2.24. The highest BCUT2D eigenvalue weighted by Crippen LogP contribution is 2.41. The second-order valence-electron chi connectivity index (χ2n) is 12.5. The van der Waals surface area contributed by atoms with E-state index in [4.69, 9.17) is 13.6 Å². The summed E-state index contributed by atoms with van der Waals surface area (Å²) in [6.07, 6.45) is 6.71. The van der Waals surface area contributed by atoms with Crippen molar-refractivity contribution in [2.45, 2.75) is 0 Å². The van der Waals surface area contributed by atoms with Gasteiger partial charge in [0.15, 0.2) is 0 Å². The fourth-order valence-electron chi connectivity index (χ4n) is 6.70. The Morgan fingerprint density at radius 2 is 1.02 bits per heavy atom. The Morgan fingerprint density at radius 1 is 0.490 bits per heavy atom. The van der Waals surface area contributed by atoms with Gasteiger partial charge in [-0.2, -0.15) is 0 Å². The number of hydrogen-bond donors (Lipinski definition) is 0. The SMILES string of the molecule is C1=C(c2ccccc2)Oc2ccccc2C1=CC(=Cc1cc(-c2ccccc2)[o+]c2ccccc12)c1cc(-c2ccccc2)[o+]c2ccccc12. The van der Waals surface area contributed by atoms with E-state index in [1.54, 1.807) is 0 Å².